The van der Waals surface area contributed by atoms with Gasteiger partial charge >= 0.3 is 0 Å². The van der Waals surface area contributed by atoms with Crippen LogP contribution in [0.4, 0.5) is 0 Å². The standard InChI is InChI=1S/C14H17NO/c1-10(2)8-12-4-6-13(7-5-12)14-9-16-11(3)15-14/h4-7,9-10H,8H2,1-3H3. The van der Waals surface area contributed by atoms with E-state index in [-0.39, 0.29) is 0 Å². The van der Waals surface area contributed by atoms with E-state index in [0.717, 1.165) is 17.7 Å². The van der Waals surface area contributed by atoms with Gasteiger partial charge in [0.15, 0.2) is 5.89 Å². The lowest BCUT2D eigenvalue weighted by molar-refractivity contribution is 0.521. The van der Waals surface area contributed by atoms with E-state index in [9.17, 15) is 0 Å². The van der Waals surface area contributed by atoms with Crippen molar-refractivity contribution in [2.45, 2.75) is 27.2 Å². The van der Waals surface area contributed by atoms with Crippen molar-refractivity contribution < 1.29 is 4.42 Å². The quantitative estimate of drug-likeness (QED) is 0.777. The molecule has 0 spiro atoms. The van der Waals surface area contributed by atoms with E-state index in [4.69, 9.17) is 4.42 Å². The number of nitrogens with zero attached hydrogens (tertiary/aromatic N) is 1. The first-order valence-electron chi connectivity index (χ1n) is 5.66. The summed E-state index contributed by atoms with van der Waals surface area (Å²) in [5.41, 5.74) is 3.40. The summed E-state index contributed by atoms with van der Waals surface area (Å²) >= 11 is 0. The third-order valence-electron chi connectivity index (χ3n) is 2.51. The van der Waals surface area contributed by atoms with Gasteiger partial charge < -0.3 is 4.42 Å². The van der Waals surface area contributed by atoms with E-state index < -0.39 is 0 Å². The van der Waals surface area contributed by atoms with Crippen molar-refractivity contribution in [2.24, 2.45) is 5.92 Å². The molecule has 0 fully saturated rings. The van der Waals surface area contributed by atoms with Crippen molar-refractivity contribution in [1.29, 1.82) is 0 Å². The molecule has 2 aromatic rings. The van der Waals surface area contributed by atoms with Crippen LogP contribution in [0, 0.1) is 12.8 Å². The van der Waals surface area contributed by atoms with E-state index >= 15 is 0 Å². The zero-order valence-corrected chi connectivity index (χ0v) is 10.0. The Labute approximate surface area is 96.3 Å². The summed E-state index contributed by atoms with van der Waals surface area (Å²) in [5.74, 6) is 1.40. The highest BCUT2D eigenvalue weighted by atomic mass is 16.3. The van der Waals surface area contributed by atoms with E-state index in [1.807, 2.05) is 6.92 Å². The van der Waals surface area contributed by atoms with Crippen LogP contribution in [0.15, 0.2) is 34.9 Å². The van der Waals surface area contributed by atoms with Gasteiger partial charge in [-0.15, -0.1) is 0 Å². The fraction of sp³-hybridized carbons (Fsp3) is 0.357. The molecule has 0 saturated heterocycles. The maximum Gasteiger partial charge on any atom is 0.191 e. The Balaban J connectivity index is 2.19. The minimum absolute atomic E-state index is 0.695. The van der Waals surface area contributed by atoms with Gasteiger partial charge in [0.05, 0.1) is 0 Å². The average Bonchev–Trinajstić information content (AvgIpc) is 2.65. The molecule has 0 amide bonds. The number of benzene rings is 1. The molecule has 1 heterocycles. The fourth-order valence-corrected chi connectivity index (χ4v) is 1.78. The molecular formula is C14H17NO. The fourth-order valence-electron chi connectivity index (χ4n) is 1.78. The van der Waals surface area contributed by atoms with Gasteiger partial charge in [-0.05, 0) is 17.9 Å². The van der Waals surface area contributed by atoms with Crippen molar-refractivity contribution in [3.8, 4) is 11.3 Å². The Bertz CT molecular complexity index is 454. The molecular weight excluding hydrogens is 198 g/mol. The molecule has 84 valence electrons. The molecule has 2 heteroatoms. The number of rotatable bonds is 3. The van der Waals surface area contributed by atoms with E-state index in [2.05, 4.69) is 43.1 Å². The third kappa shape index (κ3) is 2.51. The Hall–Kier alpha value is -1.57. The van der Waals surface area contributed by atoms with Crippen molar-refractivity contribution in [3.05, 3.63) is 42.0 Å². The van der Waals surface area contributed by atoms with Gasteiger partial charge in [0.25, 0.3) is 0 Å². The third-order valence-corrected chi connectivity index (χ3v) is 2.51. The van der Waals surface area contributed by atoms with Crippen molar-refractivity contribution in [2.75, 3.05) is 0 Å². The van der Waals surface area contributed by atoms with Gasteiger partial charge in [0, 0.05) is 12.5 Å². The summed E-state index contributed by atoms with van der Waals surface area (Å²) in [5, 5.41) is 0. The first-order valence-corrected chi connectivity index (χ1v) is 5.66. The minimum atomic E-state index is 0.695. The maximum absolute atomic E-state index is 5.20. The maximum atomic E-state index is 5.20. The van der Waals surface area contributed by atoms with Crippen LogP contribution in [0.2, 0.25) is 0 Å². The minimum Gasteiger partial charge on any atom is -0.449 e. The molecule has 16 heavy (non-hydrogen) atoms. The summed E-state index contributed by atoms with van der Waals surface area (Å²) in [4.78, 5) is 4.30. The normalized spacial score (nSPS) is 11.0. The Morgan fingerprint density at radius 2 is 1.88 bits per heavy atom. The van der Waals surface area contributed by atoms with Crippen LogP contribution in [-0.4, -0.2) is 4.98 Å². The van der Waals surface area contributed by atoms with Crippen LogP contribution >= 0.6 is 0 Å². The Morgan fingerprint density at radius 1 is 1.19 bits per heavy atom. The van der Waals surface area contributed by atoms with Gasteiger partial charge in [0.2, 0.25) is 0 Å². The average molecular weight is 215 g/mol. The largest absolute Gasteiger partial charge is 0.449 e. The summed E-state index contributed by atoms with van der Waals surface area (Å²) in [6.45, 7) is 6.32. The monoisotopic (exact) mass is 215 g/mol. The van der Waals surface area contributed by atoms with Gasteiger partial charge in [-0.1, -0.05) is 38.1 Å². The lowest BCUT2D eigenvalue weighted by atomic mass is 10.0. The lowest BCUT2D eigenvalue weighted by Crippen LogP contribution is -1.93. The van der Waals surface area contributed by atoms with Crippen molar-refractivity contribution in [1.82, 2.24) is 4.98 Å². The van der Waals surface area contributed by atoms with Crippen LogP contribution in [0.3, 0.4) is 0 Å². The van der Waals surface area contributed by atoms with Crippen LogP contribution < -0.4 is 0 Å². The molecule has 1 aromatic heterocycles. The second kappa shape index (κ2) is 4.52. The molecule has 0 aliphatic carbocycles. The Morgan fingerprint density at radius 3 is 2.38 bits per heavy atom. The first-order chi connectivity index (χ1) is 7.65. The van der Waals surface area contributed by atoms with Gasteiger partial charge in [-0.3, -0.25) is 0 Å². The van der Waals surface area contributed by atoms with Gasteiger partial charge in [0.1, 0.15) is 12.0 Å². The Kier molecular flexibility index (Phi) is 3.09. The second-order valence-corrected chi connectivity index (χ2v) is 4.55. The molecule has 1 aromatic carbocycles. The van der Waals surface area contributed by atoms with E-state index in [1.165, 1.54) is 5.56 Å². The summed E-state index contributed by atoms with van der Waals surface area (Å²) in [6, 6.07) is 8.54. The number of hydrogen-bond donors (Lipinski definition) is 0. The van der Waals surface area contributed by atoms with Crippen LogP contribution in [0.1, 0.15) is 25.3 Å². The van der Waals surface area contributed by atoms with E-state index in [0.29, 0.717) is 11.8 Å². The highest BCUT2D eigenvalue weighted by Gasteiger charge is 2.03. The molecule has 0 saturated carbocycles. The highest BCUT2D eigenvalue weighted by molar-refractivity contribution is 5.58. The zero-order chi connectivity index (χ0) is 11.5. The highest BCUT2D eigenvalue weighted by Crippen LogP contribution is 2.19. The van der Waals surface area contributed by atoms with Gasteiger partial charge in [-0.2, -0.15) is 0 Å². The van der Waals surface area contributed by atoms with Crippen LogP contribution in [-0.2, 0) is 6.42 Å². The first kappa shape index (κ1) is 10.9. The molecule has 0 unspecified atom stereocenters. The molecule has 0 radical (unpaired) electrons. The van der Waals surface area contributed by atoms with Crippen molar-refractivity contribution >= 4 is 0 Å². The van der Waals surface area contributed by atoms with Crippen molar-refractivity contribution in [3.63, 3.8) is 0 Å². The number of aryl methyl sites for hydroxylation is 1. The SMILES string of the molecule is Cc1nc(-c2ccc(CC(C)C)cc2)co1. The molecule has 2 rings (SSSR count). The van der Waals surface area contributed by atoms with Crippen LogP contribution in [0.25, 0.3) is 11.3 Å². The molecule has 0 bridgehead atoms. The predicted molar refractivity (Wildman–Crippen MR) is 65.2 cm³/mol. The molecule has 2 nitrogen and oxygen atoms in total. The summed E-state index contributed by atoms with van der Waals surface area (Å²) < 4.78 is 5.20. The lowest BCUT2D eigenvalue weighted by Gasteiger charge is -2.05. The number of oxazole rings is 1. The molecule has 0 aliphatic rings. The summed E-state index contributed by atoms with van der Waals surface area (Å²) in [6.07, 6.45) is 2.82. The molecule has 0 aliphatic heterocycles. The van der Waals surface area contributed by atoms with E-state index in [1.54, 1.807) is 6.26 Å². The van der Waals surface area contributed by atoms with Crippen LogP contribution in [0.5, 0.6) is 0 Å². The predicted octanol–water partition coefficient (Wildman–Crippen LogP) is 3.85. The topological polar surface area (TPSA) is 26.0 Å². The molecule has 0 atom stereocenters. The number of hydrogen-bond acceptors (Lipinski definition) is 2. The summed E-state index contributed by atoms with van der Waals surface area (Å²) in [7, 11) is 0. The smallest absolute Gasteiger partial charge is 0.191 e. The number of aromatic nitrogens is 1. The zero-order valence-electron chi connectivity index (χ0n) is 10.0. The second-order valence-electron chi connectivity index (χ2n) is 4.55. The molecule has 0 N–H and O–H groups in total. The van der Waals surface area contributed by atoms with Gasteiger partial charge in [-0.25, -0.2) is 4.98 Å².